The Hall–Kier alpha value is -1.64. The van der Waals surface area contributed by atoms with Gasteiger partial charge in [-0.15, -0.1) is 0 Å². The van der Waals surface area contributed by atoms with Gasteiger partial charge in [-0.1, -0.05) is 12.1 Å². The molecule has 0 amide bonds. The number of ether oxygens (including phenoxy) is 1. The van der Waals surface area contributed by atoms with E-state index in [9.17, 15) is 9.59 Å². The van der Waals surface area contributed by atoms with E-state index in [4.69, 9.17) is 4.74 Å². The molecule has 0 heterocycles. The summed E-state index contributed by atoms with van der Waals surface area (Å²) in [6.45, 7) is 2.40. The zero-order valence-electron chi connectivity index (χ0n) is 7.32. The van der Waals surface area contributed by atoms with Crippen molar-refractivity contribution < 1.29 is 14.3 Å². The summed E-state index contributed by atoms with van der Waals surface area (Å²) < 4.78 is 5.17. The summed E-state index contributed by atoms with van der Waals surface area (Å²) in [7, 11) is 0. The van der Waals surface area contributed by atoms with Gasteiger partial charge in [0, 0.05) is 5.56 Å². The van der Waals surface area contributed by atoms with Crippen LogP contribution in [0, 0.1) is 0 Å². The van der Waals surface area contributed by atoms with E-state index in [0.717, 1.165) is 0 Å². The number of benzene rings is 1. The summed E-state index contributed by atoms with van der Waals surface area (Å²) >= 11 is 0. The predicted molar refractivity (Wildman–Crippen MR) is 48.0 cm³/mol. The molecule has 0 saturated carbocycles. The second-order valence-corrected chi connectivity index (χ2v) is 2.44. The number of aldehydes is 1. The molecule has 0 spiro atoms. The third-order valence-corrected chi connectivity index (χ3v) is 1.54. The molecule has 0 radical (unpaired) electrons. The molecule has 68 valence electrons. The molecule has 13 heavy (non-hydrogen) atoms. The number of carbonyl (C=O) groups is 2. The largest absolute Gasteiger partial charge is 0.494 e. The fraction of sp³-hybridized carbons (Fsp3) is 0.200. The van der Waals surface area contributed by atoms with Crippen LogP contribution in [0.5, 0.6) is 5.75 Å². The van der Waals surface area contributed by atoms with Crippen molar-refractivity contribution in [1.82, 2.24) is 0 Å². The fourth-order valence-corrected chi connectivity index (χ4v) is 0.974. The highest BCUT2D eigenvalue weighted by Crippen LogP contribution is 2.12. The maximum Gasteiger partial charge on any atom is 0.225 e. The van der Waals surface area contributed by atoms with E-state index in [1.54, 1.807) is 24.3 Å². The number of rotatable bonds is 4. The fourth-order valence-electron chi connectivity index (χ4n) is 0.974. The molecule has 0 aliphatic carbocycles. The lowest BCUT2D eigenvalue weighted by Gasteiger charge is -2.02. The van der Waals surface area contributed by atoms with Gasteiger partial charge in [0.1, 0.15) is 5.75 Å². The highest BCUT2D eigenvalue weighted by atomic mass is 16.5. The average molecular weight is 178 g/mol. The quantitative estimate of drug-likeness (QED) is 0.398. The maximum atomic E-state index is 10.9. The van der Waals surface area contributed by atoms with E-state index in [1.807, 2.05) is 6.92 Å². The monoisotopic (exact) mass is 178 g/mol. The SMILES string of the molecule is CCOc1cccc(C(=O)C=O)c1. The van der Waals surface area contributed by atoms with E-state index in [0.29, 0.717) is 24.2 Å². The molecule has 3 nitrogen and oxygen atoms in total. The van der Waals surface area contributed by atoms with Crippen molar-refractivity contribution in [2.24, 2.45) is 0 Å². The van der Waals surface area contributed by atoms with Gasteiger partial charge in [0.15, 0.2) is 6.29 Å². The summed E-state index contributed by atoms with van der Waals surface area (Å²) in [5.74, 6) is 0.0803. The highest BCUT2D eigenvalue weighted by molar-refractivity contribution is 6.33. The van der Waals surface area contributed by atoms with Crippen LogP contribution in [0.3, 0.4) is 0 Å². The van der Waals surface area contributed by atoms with Crippen molar-refractivity contribution in [2.45, 2.75) is 6.92 Å². The molecular formula is C10H10O3. The lowest BCUT2D eigenvalue weighted by atomic mass is 10.1. The van der Waals surface area contributed by atoms with E-state index in [1.165, 1.54) is 0 Å². The minimum absolute atomic E-state index is 0.297. The zero-order chi connectivity index (χ0) is 9.68. The standard InChI is InChI=1S/C10H10O3/c1-2-13-9-5-3-4-8(6-9)10(12)7-11/h3-7H,2H2,1H3. The van der Waals surface area contributed by atoms with Crippen molar-refractivity contribution in [3.63, 3.8) is 0 Å². The third kappa shape index (κ3) is 2.40. The van der Waals surface area contributed by atoms with Crippen molar-refractivity contribution in [2.75, 3.05) is 6.61 Å². The first-order chi connectivity index (χ1) is 6.27. The lowest BCUT2D eigenvalue weighted by Crippen LogP contribution is -2.00. The number of hydrogen-bond acceptors (Lipinski definition) is 3. The van der Waals surface area contributed by atoms with Crippen LogP contribution in [0.25, 0.3) is 0 Å². The predicted octanol–water partition coefficient (Wildman–Crippen LogP) is 1.47. The Morgan fingerprint density at radius 2 is 2.31 bits per heavy atom. The second-order valence-electron chi connectivity index (χ2n) is 2.44. The zero-order valence-corrected chi connectivity index (χ0v) is 7.32. The van der Waals surface area contributed by atoms with Gasteiger partial charge in [0.2, 0.25) is 5.78 Å². The Morgan fingerprint density at radius 1 is 1.54 bits per heavy atom. The maximum absolute atomic E-state index is 10.9. The summed E-state index contributed by atoms with van der Waals surface area (Å²) in [6.07, 6.45) is 0.297. The molecule has 0 bridgehead atoms. The molecule has 0 unspecified atom stereocenters. The molecule has 0 saturated heterocycles. The van der Waals surface area contributed by atoms with Gasteiger partial charge >= 0.3 is 0 Å². The summed E-state index contributed by atoms with van der Waals surface area (Å²) in [4.78, 5) is 21.1. The highest BCUT2D eigenvalue weighted by Gasteiger charge is 2.04. The number of ketones is 1. The van der Waals surface area contributed by atoms with Crippen LogP contribution in [-0.4, -0.2) is 18.7 Å². The smallest absolute Gasteiger partial charge is 0.225 e. The summed E-state index contributed by atoms with van der Waals surface area (Å²) in [6, 6.07) is 6.56. The molecule has 0 aliphatic heterocycles. The molecule has 0 atom stereocenters. The minimum atomic E-state index is -0.526. The lowest BCUT2D eigenvalue weighted by molar-refractivity contribution is -0.104. The van der Waals surface area contributed by atoms with Gasteiger partial charge in [-0.2, -0.15) is 0 Å². The van der Waals surface area contributed by atoms with E-state index in [-0.39, 0.29) is 0 Å². The van der Waals surface area contributed by atoms with Crippen LogP contribution in [-0.2, 0) is 4.79 Å². The topological polar surface area (TPSA) is 43.4 Å². The second kappa shape index (κ2) is 4.40. The van der Waals surface area contributed by atoms with Gasteiger partial charge in [-0.25, -0.2) is 0 Å². The van der Waals surface area contributed by atoms with Crippen LogP contribution < -0.4 is 4.74 Å². The van der Waals surface area contributed by atoms with Gasteiger partial charge in [0.25, 0.3) is 0 Å². The van der Waals surface area contributed by atoms with Crippen molar-refractivity contribution in [1.29, 1.82) is 0 Å². The van der Waals surface area contributed by atoms with Gasteiger partial charge in [0.05, 0.1) is 6.61 Å². The van der Waals surface area contributed by atoms with Crippen molar-refractivity contribution in [3.8, 4) is 5.75 Å². The molecule has 0 aliphatic rings. The van der Waals surface area contributed by atoms with E-state index < -0.39 is 5.78 Å². The Labute approximate surface area is 76.3 Å². The van der Waals surface area contributed by atoms with Gasteiger partial charge < -0.3 is 4.74 Å². The van der Waals surface area contributed by atoms with Gasteiger partial charge in [-0.3, -0.25) is 9.59 Å². The molecule has 0 aromatic heterocycles. The minimum Gasteiger partial charge on any atom is -0.494 e. The number of carbonyl (C=O) groups excluding carboxylic acids is 2. The first-order valence-corrected chi connectivity index (χ1v) is 4.00. The van der Waals surface area contributed by atoms with Crippen LogP contribution in [0.2, 0.25) is 0 Å². The van der Waals surface area contributed by atoms with Crippen LogP contribution in [0.1, 0.15) is 17.3 Å². The van der Waals surface area contributed by atoms with Crippen LogP contribution in [0.15, 0.2) is 24.3 Å². The Kier molecular flexibility index (Phi) is 3.20. The molecule has 1 aromatic rings. The normalized spacial score (nSPS) is 9.31. The Balaban J connectivity index is 2.91. The molecule has 0 N–H and O–H groups in total. The summed E-state index contributed by atoms with van der Waals surface area (Å²) in [5.41, 5.74) is 0.362. The molecule has 3 heteroatoms. The van der Waals surface area contributed by atoms with E-state index in [2.05, 4.69) is 0 Å². The third-order valence-electron chi connectivity index (χ3n) is 1.54. The van der Waals surface area contributed by atoms with Crippen LogP contribution >= 0.6 is 0 Å². The molecular weight excluding hydrogens is 168 g/mol. The first-order valence-electron chi connectivity index (χ1n) is 4.00. The summed E-state index contributed by atoms with van der Waals surface area (Å²) in [5, 5.41) is 0. The van der Waals surface area contributed by atoms with Crippen molar-refractivity contribution >= 4 is 12.1 Å². The first kappa shape index (κ1) is 9.45. The van der Waals surface area contributed by atoms with Crippen molar-refractivity contribution in [3.05, 3.63) is 29.8 Å². The Morgan fingerprint density at radius 3 is 2.92 bits per heavy atom. The Bertz CT molecular complexity index is 318. The van der Waals surface area contributed by atoms with E-state index >= 15 is 0 Å². The number of Topliss-reactive ketones (excluding diaryl/α,β-unsaturated/α-hetero) is 1. The average Bonchev–Trinajstić information content (AvgIpc) is 2.18. The van der Waals surface area contributed by atoms with Gasteiger partial charge in [-0.05, 0) is 19.1 Å². The molecule has 1 aromatic carbocycles. The number of hydrogen-bond donors (Lipinski definition) is 0. The molecule has 0 fully saturated rings. The molecule has 1 rings (SSSR count). The van der Waals surface area contributed by atoms with Crippen LogP contribution in [0.4, 0.5) is 0 Å².